The van der Waals surface area contributed by atoms with Crippen molar-refractivity contribution in [2.24, 2.45) is 9.98 Å². The monoisotopic (exact) mass is 118 g/mol. The van der Waals surface area contributed by atoms with Crippen LogP contribution in [0.5, 0.6) is 0 Å². The van der Waals surface area contributed by atoms with E-state index in [9.17, 15) is 0 Å². The van der Waals surface area contributed by atoms with Gasteiger partial charge in [0.1, 0.15) is 0 Å². The third-order valence-corrected chi connectivity index (χ3v) is 1.38. The number of dihydropyridines is 1. The van der Waals surface area contributed by atoms with E-state index in [0.717, 1.165) is 17.7 Å². The van der Waals surface area contributed by atoms with Gasteiger partial charge in [0.15, 0.2) is 0 Å². The number of rotatable bonds is 0. The van der Waals surface area contributed by atoms with Crippen LogP contribution in [0.25, 0.3) is 0 Å². The minimum absolute atomic E-state index is 0.943. The molecule has 0 aromatic rings. The van der Waals surface area contributed by atoms with Crippen LogP contribution in [0.15, 0.2) is 33.5 Å². The third-order valence-electron chi connectivity index (χ3n) is 1.38. The Balaban J connectivity index is 2.46. The summed E-state index contributed by atoms with van der Waals surface area (Å²) in [5, 5.41) is 0. The molecule has 0 unspecified atom stereocenters. The summed E-state index contributed by atoms with van der Waals surface area (Å²) in [6, 6.07) is 0. The zero-order valence-electron chi connectivity index (χ0n) is 4.91. The maximum absolute atomic E-state index is 4.13. The van der Waals surface area contributed by atoms with Crippen molar-refractivity contribution < 1.29 is 0 Å². The first kappa shape index (κ1) is 4.68. The molecule has 2 aliphatic heterocycles. The summed E-state index contributed by atoms with van der Waals surface area (Å²) in [5.41, 5.74) is 2.17. The lowest BCUT2D eigenvalue weighted by molar-refractivity contribution is 1.29. The molecule has 0 atom stereocenters. The maximum Gasteiger partial charge on any atom is 0.0893 e. The summed E-state index contributed by atoms with van der Waals surface area (Å²) >= 11 is 0. The van der Waals surface area contributed by atoms with Crippen molar-refractivity contribution >= 4 is 12.4 Å². The van der Waals surface area contributed by atoms with Crippen LogP contribution < -0.4 is 0 Å². The van der Waals surface area contributed by atoms with Gasteiger partial charge in [0.25, 0.3) is 0 Å². The summed E-state index contributed by atoms with van der Waals surface area (Å²) in [7, 11) is 0. The van der Waals surface area contributed by atoms with Gasteiger partial charge in [-0.05, 0) is 0 Å². The molecule has 2 heterocycles. The van der Waals surface area contributed by atoms with Gasteiger partial charge in [-0.25, -0.2) is 0 Å². The Labute approximate surface area is 53.3 Å². The number of hydrogen-bond donors (Lipinski definition) is 0. The van der Waals surface area contributed by atoms with Crippen LogP contribution in [0.2, 0.25) is 0 Å². The molecule has 0 aliphatic carbocycles. The van der Waals surface area contributed by atoms with Crippen molar-refractivity contribution in [3.05, 3.63) is 23.5 Å². The second kappa shape index (κ2) is 1.65. The van der Waals surface area contributed by atoms with Crippen LogP contribution in [-0.4, -0.2) is 12.4 Å². The summed E-state index contributed by atoms with van der Waals surface area (Å²) < 4.78 is 0. The molecule has 9 heavy (non-hydrogen) atoms. The van der Waals surface area contributed by atoms with Gasteiger partial charge in [-0.3, -0.25) is 9.98 Å². The lowest BCUT2D eigenvalue weighted by Crippen LogP contribution is -1.90. The second-order valence-electron chi connectivity index (χ2n) is 2.00. The summed E-state index contributed by atoms with van der Waals surface area (Å²) in [6.07, 6.45) is 8.57. The lowest BCUT2D eigenvalue weighted by atomic mass is 10.2. The Morgan fingerprint density at radius 3 is 3.33 bits per heavy atom. The van der Waals surface area contributed by atoms with Crippen LogP contribution in [0.1, 0.15) is 6.42 Å². The SMILES string of the molecule is C1=NC=C2N=CCC=C12. The quantitative estimate of drug-likeness (QED) is 0.458. The molecular formula is C7H6N2. The molecule has 0 saturated heterocycles. The normalized spacial score (nSPS) is 21.3. The van der Waals surface area contributed by atoms with E-state index in [1.807, 2.05) is 12.4 Å². The van der Waals surface area contributed by atoms with E-state index in [1.54, 1.807) is 6.20 Å². The Morgan fingerprint density at radius 1 is 1.44 bits per heavy atom. The third kappa shape index (κ3) is 0.633. The molecular weight excluding hydrogens is 112 g/mol. The van der Waals surface area contributed by atoms with Gasteiger partial charge >= 0.3 is 0 Å². The lowest BCUT2D eigenvalue weighted by Gasteiger charge is -1.99. The van der Waals surface area contributed by atoms with E-state index >= 15 is 0 Å². The average Bonchev–Trinajstić information content (AvgIpc) is 2.33. The van der Waals surface area contributed by atoms with Crippen LogP contribution in [0.3, 0.4) is 0 Å². The first-order chi connectivity index (χ1) is 4.47. The van der Waals surface area contributed by atoms with Gasteiger partial charge in [-0.15, -0.1) is 0 Å². The molecule has 0 N–H and O–H groups in total. The van der Waals surface area contributed by atoms with E-state index in [1.165, 1.54) is 0 Å². The van der Waals surface area contributed by atoms with Crippen LogP contribution >= 0.6 is 0 Å². The number of nitrogens with zero attached hydrogens (tertiary/aromatic N) is 2. The molecule has 0 amide bonds. The van der Waals surface area contributed by atoms with E-state index in [-0.39, 0.29) is 0 Å². The molecule has 0 spiro atoms. The maximum atomic E-state index is 4.13. The Hall–Kier alpha value is -1.18. The topological polar surface area (TPSA) is 24.7 Å². The van der Waals surface area contributed by atoms with Gasteiger partial charge in [-0.1, -0.05) is 6.08 Å². The molecule has 0 radical (unpaired) electrons. The Bertz CT molecular complexity index is 244. The second-order valence-corrected chi connectivity index (χ2v) is 2.00. The predicted molar refractivity (Wildman–Crippen MR) is 37.8 cm³/mol. The first-order valence-corrected chi connectivity index (χ1v) is 2.93. The zero-order chi connectivity index (χ0) is 6.10. The number of allylic oxidation sites excluding steroid dienone is 2. The number of aliphatic imine (C=N–C) groups is 2. The van der Waals surface area contributed by atoms with Crippen molar-refractivity contribution in [1.29, 1.82) is 0 Å². The molecule has 2 rings (SSSR count). The van der Waals surface area contributed by atoms with Gasteiger partial charge in [0.05, 0.1) is 11.9 Å². The Kier molecular flexibility index (Phi) is 0.859. The zero-order valence-corrected chi connectivity index (χ0v) is 4.91. The number of fused-ring (bicyclic) bond motifs is 1. The molecule has 2 aliphatic rings. The molecule has 0 bridgehead atoms. The van der Waals surface area contributed by atoms with E-state index < -0.39 is 0 Å². The molecule has 0 fully saturated rings. The molecule has 2 heteroatoms. The van der Waals surface area contributed by atoms with Crippen molar-refractivity contribution in [1.82, 2.24) is 0 Å². The highest BCUT2D eigenvalue weighted by atomic mass is 14.8. The molecule has 0 saturated carbocycles. The summed E-state index contributed by atoms with van der Waals surface area (Å²) in [5.74, 6) is 0. The van der Waals surface area contributed by atoms with Gasteiger partial charge in [0, 0.05) is 24.4 Å². The molecule has 0 aromatic heterocycles. The van der Waals surface area contributed by atoms with Crippen molar-refractivity contribution in [2.45, 2.75) is 6.42 Å². The van der Waals surface area contributed by atoms with Crippen molar-refractivity contribution in [3.8, 4) is 0 Å². The van der Waals surface area contributed by atoms with Crippen molar-refractivity contribution in [3.63, 3.8) is 0 Å². The van der Waals surface area contributed by atoms with E-state index in [0.29, 0.717) is 0 Å². The standard InChI is InChI=1S/C7H6N2/c1-2-6-4-8-5-7(6)9-3-1/h2-5H,1H2. The molecule has 2 nitrogen and oxygen atoms in total. The largest absolute Gasteiger partial charge is 0.262 e. The van der Waals surface area contributed by atoms with Crippen LogP contribution in [0, 0.1) is 0 Å². The summed E-state index contributed by atoms with van der Waals surface area (Å²) in [6.45, 7) is 0. The first-order valence-electron chi connectivity index (χ1n) is 2.93. The molecule has 0 aromatic carbocycles. The fourth-order valence-corrected chi connectivity index (χ4v) is 0.925. The summed E-state index contributed by atoms with van der Waals surface area (Å²) in [4.78, 5) is 8.09. The highest BCUT2D eigenvalue weighted by Gasteiger charge is 2.06. The number of hydrogen-bond acceptors (Lipinski definition) is 2. The minimum Gasteiger partial charge on any atom is -0.262 e. The van der Waals surface area contributed by atoms with E-state index in [4.69, 9.17) is 0 Å². The van der Waals surface area contributed by atoms with E-state index in [2.05, 4.69) is 16.1 Å². The minimum atomic E-state index is 0.943. The van der Waals surface area contributed by atoms with Crippen LogP contribution in [-0.2, 0) is 0 Å². The van der Waals surface area contributed by atoms with Crippen molar-refractivity contribution in [2.75, 3.05) is 0 Å². The predicted octanol–water partition coefficient (Wildman–Crippen LogP) is 1.31. The average molecular weight is 118 g/mol. The highest BCUT2D eigenvalue weighted by molar-refractivity contribution is 5.90. The fraction of sp³-hybridized carbons (Fsp3) is 0.143. The molecule has 44 valence electrons. The van der Waals surface area contributed by atoms with Gasteiger partial charge in [0.2, 0.25) is 0 Å². The fourth-order valence-electron chi connectivity index (χ4n) is 0.925. The van der Waals surface area contributed by atoms with Crippen LogP contribution in [0.4, 0.5) is 0 Å². The smallest absolute Gasteiger partial charge is 0.0893 e. The van der Waals surface area contributed by atoms with Gasteiger partial charge in [-0.2, -0.15) is 0 Å². The Morgan fingerprint density at radius 2 is 2.44 bits per heavy atom. The van der Waals surface area contributed by atoms with Gasteiger partial charge < -0.3 is 0 Å². The highest BCUT2D eigenvalue weighted by Crippen LogP contribution is 2.18.